The fourth-order valence-corrected chi connectivity index (χ4v) is 1.28. The second-order valence-electron chi connectivity index (χ2n) is 2.08. The van der Waals surface area contributed by atoms with Gasteiger partial charge in [0.1, 0.15) is 12.0 Å². The molecule has 72 valence electrons. The minimum atomic E-state index is -4.42. The van der Waals surface area contributed by atoms with Crippen molar-refractivity contribution < 1.29 is 17.7 Å². The zero-order valence-corrected chi connectivity index (χ0v) is 7.45. The number of nitrogens with two attached hydrogens (primary N) is 1. The van der Waals surface area contributed by atoms with Crippen LogP contribution in [0.3, 0.4) is 0 Å². The molecule has 3 N–H and O–H groups in total. The quantitative estimate of drug-likeness (QED) is 0.485. The molecule has 1 heterocycles. The lowest BCUT2D eigenvalue weighted by Gasteiger charge is -2.04. The summed E-state index contributed by atoms with van der Waals surface area (Å²) in [7, 11) is -3.15. The molecule has 0 unspecified atom stereocenters. The lowest BCUT2D eigenvalue weighted by molar-refractivity contribution is 0.396. The molecule has 0 aliphatic carbocycles. The van der Waals surface area contributed by atoms with Gasteiger partial charge in [0.2, 0.25) is 10.9 Å². The number of hydrogen-bond acceptors (Lipinski definition) is 6. The van der Waals surface area contributed by atoms with Crippen LogP contribution in [0.4, 0.5) is 5.69 Å². The molecule has 0 saturated heterocycles. The average molecular weight is 205 g/mol. The summed E-state index contributed by atoms with van der Waals surface area (Å²) < 4.78 is 34.6. The van der Waals surface area contributed by atoms with Gasteiger partial charge in [-0.25, -0.2) is 4.98 Å². The van der Waals surface area contributed by atoms with Gasteiger partial charge in [-0.3, -0.25) is 4.55 Å². The Labute approximate surface area is 74.3 Å². The first-order valence-corrected chi connectivity index (χ1v) is 4.52. The van der Waals surface area contributed by atoms with E-state index in [1.54, 1.807) is 0 Å². The third-order valence-electron chi connectivity index (χ3n) is 1.25. The first-order valence-electron chi connectivity index (χ1n) is 3.08. The maximum Gasteiger partial charge on any atom is 0.314 e. The van der Waals surface area contributed by atoms with E-state index in [4.69, 9.17) is 10.3 Å². The van der Waals surface area contributed by atoms with Gasteiger partial charge in [-0.05, 0) is 0 Å². The van der Waals surface area contributed by atoms with Crippen LogP contribution in [0.2, 0.25) is 0 Å². The van der Waals surface area contributed by atoms with Crippen molar-refractivity contribution in [1.29, 1.82) is 0 Å². The van der Waals surface area contributed by atoms with Gasteiger partial charge < -0.3 is 10.5 Å². The van der Waals surface area contributed by atoms with E-state index >= 15 is 0 Å². The van der Waals surface area contributed by atoms with Crippen molar-refractivity contribution in [1.82, 2.24) is 9.97 Å². The molecule has 1 rings (SSSR count). The fraction of sp³-hybridized carbons (Fsp3) is 0.200. The van der Waals surface area contributed by atoms with Gasteiger partial charge in [0, 0.05) is 0 Å². The lowest BCUT2D eigenvalue weighted by atomic mass is 10.5. The Kier molecular flexibility index (Phi) is 2.34. The summed E-state index contributed by atoms with van der Waals surface area (Å²) in [6.45, 7) is 0. The topological polar surface area (TPSA) is 115 Å². The molecule has 0 amide bonds. The van der Waals surface area contributed by atoms with Gasteiger partial charge in [-0.15, -0.1) is 0 Å². The van der Waals surface area contributed by atoms with Gasteiger partial charge in [-0.1, -0.05) is 0 Å². The van der Waals surface area contributed by atoms with Crippen LogP contribution in [-0.2, 0) is 10.1 Å². The minimum absolute atomic E-state index is 0.0948. The van der Waals surface area contributed by atoms with E-state index in [1.807, 2.05) is 0 Å². The maximum absolute atomic E-state index is 10.7. The zero-order chi connectivity index (χ0) is 10.1. The van der Waals surface area contributed by atoms with E-state index in [0.717, 1.165) is 6.33 Å². The summed E-state index contributed by atoms with van der Waals surface area (Å²) in [5.41, 5.74) is 4.98. The molecule has 13 heavy (non-hydrogen) atoms. The largest absolute Gasteiger partial charge is 0.479 e. The third-order valence-corrected chi connectivity index (χ3v) is 2.06. The maximum atomic E-state index is 10.7. The van der Waals surface area contributed by atoms with Crippen LogP contribution in [0.25, 0.3) is 0 Å². The number of hydrogen-bond donors (Lipinski definition) is 2. The normalized spacial score (nSPS) is 11.2. The lowest BCUT2D eigenvalue weighted by Crippen LogP contribution is -2.08. The van der Waals surface area contributed by atoms with Crippen molar-refractivity contribution in [2.45, 2.75) is 5.03 Å². The Morgan fingerprint density at radius 3 is 2.62 bits per heavy atom. The number of nitrogens with zero attached hydrogens (tertiary/aromatic N) is 2. The van der Waals surface area contributed by atoms with Gasteiger partial charge in [0.15, 0.2) is 0 Å². The Morgan fingerprint density at radius 2 is 2.15 bits per heavy atom. The van der Waals surface area contributed by atoms with Crippen LogP contribution in [0, 0.1) is 0 Å². The summed E-state index contributed by atoms with van der Waals surface area (Å²) in [6.07, 6.45) is 0.929. The Bertz CT molecular complexity index is 416. The van der Waals surface area contributed by atoms with Crippen LogP contribution in [0.1, 0.15) is 0 Å². The van der Waals surface area contributed by atoms with E-state index in [9.17, 15) is 8.42 Å². The highest BCUT2D eigenvalue weighted by atomic mass is 32.2. The smallest absolute Gasteiger partial charge is 0.314 e. The molecule has 8 heteroatoms. The zero-order valence-electron chi connectivity index (χ0n) is 6.63. The predicted molar refractivity (Wildman–Crippen MR) is 42.8 cm³/mol. The fourth-order valence-electron chi connectivity index (χ4n) is 0.733. The minimum Gasteiger partial charge on any atom is -0.479 e. The first kappa shape index (κ1) is 9.68. The molecule has 0 aliphatic rings. The van der Waals surface area contributed by atoms with Gasteiger partial charge in [0.25, 0.3) is 0 Å². The van der Waals surface area contributed by atoms with Crippen molar-refractivity contribution in [3.8, 4) is 5.88 Å². The highest BCUT2D eigenvalue weighted by molar-refractivity contribution is 7.85. The Morgan fingerprint density at radius 1 is 1.54 bits per heavy atom. The van der Waals surface area contributed by atoms with Crippen molar-refractivity contribution >= 4 is 15.8 Å². The average Bonchev–Trinajstić information content (AvgIpc) is 2.02. The molecule has 7 nitrogen and oxygen atoms in total. The Balaban J connectivity index is 3.41. The molecule has 0 radical (unpaired) electrons. The Hall–Kier alpha value is -1.41. The summed E-state index contributed by atoms with van der Waals surface area (Å²) >= 11 is 0. The molecule has 0 atom stereocenters. The summed E-state index contributed by atoms with van der Waals surface area (Å²) in [5.74, 6) is -0.0948. The van der Waals surface area contributed by atoms with E-state index < -0.39 is 15.1 Å². The van der Waals surface area contributed by atoms with E-state index in [2.05, 4.69) is 14.7 Å². The molecule has 0 aromatic carbocycles. The van der Waals surface area contributed by atoms with Crippen molar-refractivity contribution in [2.75, 3.05) is 12.8 Å². The molecular weight excluding hydrogens is 198 g/mol. The van der Waals surface area contributed by atoms with Crippen molar-refractivity contribution in [3.63, 3.8) is 0 Å². The SMILES string of the molecule is COc1ncnc(S(=O)(=O)O)c1N. The number of rotatable bonds is 2. The molecule has 0 saturated carbocycles. The molecule has 0 aliphatic heterocycles. The molecule has 0 fully saturated rings. The second-order valence-corrected chi connectivity index (χ2v) is 3.41. The van der Waals surface area contributed by atoms with E-state index in [1.165, 1.54) is 7.11 Å². The van der Waals surface area contributed by atoms with E-state index in [-0.39, 0.29) is 11.6 Å². The van der Waals surface area contributed by atoms with Crippen LogP contribution in [0.5, 0.6) is 5.88 Å². The van der Waals surface area contributed by atoms with E-state index in [0.29, 0.717) is 0 Å². The molecular formula is C5H7N3O4S. The molecule has 1 aromatic rings. The van der Waals surface area contributed by atoms with Gasteiger partial charge >= 0.3 is 10.1 Å². The molecule has 1 aromatic heterocycles. The number of nitrogen functional groups attached to an aromatic ring is 1. The number of ether oxygens (including phenoxy) is 1. The third kappa shape index (κ3) is 1.84. The van der Waals surface area contributed by atoms with Crippen molar-refractivity contribution in [3.05, 3.63) is 6.33 Å². The summed E-state index contributed by atoms with van der Waals surface area (Å²) in [6, 6.07) is 0. The summed E-state index contributed by atoms with van der Waals surface area (Å²) in [4.78, 5) is 6.84. The molecule has 0 bridgehead atoms. The highest BCUT2D eigenvalue weighted by Gasteiger charge is 2.19. The van der Waals surface area contributed by atoms with Gasteiger partial charge in [-0.2, -0.15) is 13.4 Å². The number of aromatic nitrogens is 2. The highest BCUT2D eigenvalue weighted by Crippen LogP contribution is 2.22. The number of methoxy groups -OCH3 is 1. The number of anilines is 1. The monoisotopic (exact) mass is 205 g/mol. The van der Waals surface area contributed by atoms with Crippen LogP contribution in [-0.4, -0.2) is 30.0 Å². The second kappa shape index (κ2) is 3.15. The summed E-state index contributed by atoms with van der Waals surface area (Å²) in [5, 5.41) is -0.653. The first-order chi connectivity index (χ1) is 5.96. The van der Waals surface area contributed by atoms with Gasteiger partial charge in [0.05, 0.1) is 7.11 Å². The molecule has 0 spiro atoms. The van der Waals surface area contributed by atoms with Crippen molar-refractivity contribution in [2.24, 2.45) is 0 Å². The standard InChI is InChI=1S/C5H7N3O4S/c1-12-4-3(6)5(8-2-7-4)13(9,10)11/h2H,6H2,1H3,(H,9,10,11). The van der Waals surface area contributed by atoms with Crippen LogP contribution < -0.4 is 10.5 Å². The predicted octanol–water partition coefficient (Wildman–Crippen LogP) is -0.686. The van der Waals surface area contributed by atoms with Crippen LogP contribution in [0.15, 0.2) is 11.4 Å². The van der Waals surface area contributed by atoms with Crippen LogP contribution >= 0.6 is 0 Å².